The summed E-state index contributed by atoms with van der Waals surface area (Å²) < 4.78 is 2.23. The number of rotatable bonds is 3. The van der Waals surface area contributed by atoms with Crippen molar-refractivity contribution in [3.63, 3.8) is 0 Å². The zero-order valence-corrected chi connectivity index (χ0v) is 16.2. The van der Waals surface area contributed by atoms with Gasteiger partial charge in [-0.2, -0.15) is 4.99 Å². The Morgan fingerprint density at radius 1 is 1.37 bits per heavy atom. The van der Waals surface area contributed by atoms with Gasteiger partial charge in [0, 0.05) is 31.2 Å². The molecule has 6 heteroatoms. The number of aliphatic imine (C=N–C) groups is 1. The Morgan fingerprint density at radius 2 is 2.19 bits per heavy atom. The summed E-state index contributed by atoms with van der Waals surface area (Å²) in [7, 11) is 0. The Morgan fingerprint density at radius 3 is 2.96 bits per heavy atom. The number of amides is 2. The number of aromatic nitrogens is 1. The molecule has 0 bridgehead atoms. The van der Waals surface area contributed by atoms with E-state index < -0.39 is 5.54 Å². The van der Waals surface area contributed by atoms with Crippen LogP contribution in [-0.4, -0.2) is 44.1 Å². The van der Waals surface area contributed by atoms with Crippen molar-refractivity contribution in [3.8, 4) is 0 Å². The third-order valence-electron chi connectivity index (χ3n) is 5.80. The predicted molar refractivity (Wildman–Crippen MR) is 104 cm³/mol. The van der Waals surface area contributed by atoms with Crippen LogP contribution in [0.5, 0.6) is 0 Å². The molecule has 0 unspecified atom stereocenters. The van der Waals surface area contributed by atoms with Gasteiger partial charge in [-0.25, -0.2) is 0 Å². The molecule has 0 saturated heterocycles. The van der Waals surface area contributed by atoms with Crippen molar-refractivity contribution in [3.05, 3.63) is 47.9 Å². The highest BCUT2D eigenvalue weighted by atomic mass is 16.2. The molecular weight excluding hydrogens is 340 g/mol. The highest BCUT2D eigenvalue weighted by Crippen LogP contribution is 2.36. The number of amidine groups is 1. The van der Waals surface area contributed by atoms with Crippen LogP contribution in [0.3, 0.4) is 0 Å². The highest BCUT2D eigenvalue weighted by molar-refractivity contribution is 6.10. The first kappa shape index (κ1) is 17.8. The maximum Gasteiger partial charge on any atom is 0.250 e. The molecule has 2 amide bonds. The van der Waals surface area contributed by atoms with Gasteiger partial charge in [-0.05, 0) is 50.1 Å². The minimum absolute atomic E-state index is 0.00625. The second-order valence-electron chi connectivity index (χ2n) is 7.82. The van der Waals surface area contributed by atoms with Crippen molar-refractivity contribution in [2.24, 2.45) is 4.99 Å². The van der Waals surface area contributed by atoms with Gasteiger partial charge in [0.25, 0.3) is 5.91 Å². The summed E-state index contributed by atoms with van der Waals surface area (Å²) in [5, 5.41) is 0. The normalized spacial score (nSPS) is 27.1. The van der Waals surface area contributed by atoms with Gasteiger partial charge in [-0.3, -0.25) is 9.59 Å². The number of carbonyl (C=O) groups excluding carboxylic acids is 2. The SMILES string of the molecule is CCC[C@H]1c2cccn2CCN1C(=O)[C@]1(C)CC(=O)N=C2C=C(C)C=CN21. The standard InChI is InChI=1S/C21H26N4O2/c1-4-6-17-16-7-5-9-23(16)11-12-24(17)20(27)21(3)14-19(26)22-18-13-15(2)8-10-25(18)21/h5,7-10,13,17H,4,6,11-12,14H2,1-3H3/t17-,21-/m0/s1. The van der Waals surface area contributed by atoms with E-state index >= 15 is 0 Å². The molecule has 0 saturated carbocycles. The fourth-order valence-electron chi connectivity index (χ4n) is 4.41. The number of fused-ring (bicyclic) bond motifs is 2. The van der Waals surface area contributed by atoms with E-state index in [9.17, 15) is 9.59 Å². The molecule has 6 nitrogen and oxygen atoms in total. The summed E-state index contributed by atoms with van der Waals surface area (Å²) in [6.07, 6.45) is 9.81. The van der Waals surface area contributed by atoms with E-state index in [-0.39, 0.29) is 24.3 Å². The van der Waals surface area contributed by atoms with Crippen molar-refractivity contribution in [1.82, 2.24) is 14.4 Å². The molecule has 4 rings (SSSR count). The highest BCUT2D eigenvalue weighted by Gasteiger charge is 2.49. The van der Waals surface area contributed by atoms with Gasteiger partial charge in [-0.1, -0.05) is 13.3 Å². The Hall–Kier alpha value is -2.63. The lowest BCUT2D eigenvalue weighted by atomic mass is 9.88. The monoisotopic (exact) mass is 366 g/mol. The summed E-state index contributed by atoms with van der Waals surface area (Å²) in [6.45, 7) is 7.42. The first-order valence-corrected chi connectivity index (χ1v) is 9.67. The van der Waals surface area contributed by atoms with E-state index in [1.54, 1.807) is 0 Å². The van der Waals surface area contributed by atoms with E-state index in [0.29, 0.717) is 12.4 Å². The average Bonchev–Trinajstić information content (AvgIpc) is 3.10. The number of hydrogen-bond acceptors (Lipinski definition) is 3. The van der Waals surface area contributed by atoms with E-state index in [0.717, 1.165) is 25.0 Å². The van der Waals surface area contributed by atoms with Crippen LogP contribution in [0.1, 0.15) is 51.8 Å². The maximum atomic E-state index is 13.8. The van der Waals surface area contributed by atoms with Gasteiger partial charge in [0.1, 0.15) is 11.4 Å². The van der Waals surface area contributed by atoms with E-state index in [1.807, 2.05) is 48.1 Å². The Labute approximate surface area is 159 Å². The quantitative estimate of drug-likeness (QED) is 0.826. The number of hydrogen-bond donors (Lipinski definition) is 0. The smallest absolute Gasteiger partial charge is 0.250 e. The maximum absolute atomic E-state index is 13.8. The van der Waals surface area contributed by atoms with Crippen LogP contribution in [0, 0.1) is 0 Å². The molecule has 3 aliphatic rings. The molecule has 0 aromatic carbocycles. The number of nitrogens with zero attached hydrogens (tertiary/aromatic N) is 4. The first-order chi connectivity index (χ1) is 12.9. The lowest BCUT2D eigenvalue weighted by molar-refractivity contribution is -0.147. The van der Waals surface area contributed by atoms with Crippen molar-refractivity contribution in [1.29, 1.82) is 0 Å². The van der Waals surface area contributed by atoms with Crippen LogP contribution < -0.4 is 0 Å². The van der Waals surface area contributed by atoms with Gasteiger partial charge in [0.2, 0.25) is 5.91 Å². The van der Waals surface area contributed by atoms with Crippen LogP contribution in [0.25, 0.3) is 0 Å². The predicted octanol–water partition coefficient (Wildman–Crippen LogP) is 3.03. The molecule has 0 radical (unpaired) electrons. The van der Waals surface area contributed by atoms with Crippen LogP contribution in [0.2, 0.25) is 0 Å². The summed E-state index contributed by atoms with van der Waals surface area (Å²) in [5.74, 6) is 0.338. The Kier molecular flexibility index (Phi) is 4.29. The Bertz CT molecular complexity index is 878. The summed E-state index contributed by atoms with van der Waals surface area (Å²) >= 11 is 0. The van der Waals surface area contributed by atoms with Gasteiger partial charge < -0.3 is 14.4 Å². The van der Waals surface area contributed by atoms with Gasteiger partial charge >= 0.3 is 0 Å². The van der Waals surface area contributed by atoms with E-state index in [4.69, 9.17) is 0 Å². The van der Waals surface area contributed by atoms with Crippen LogP contribution in [0.15, 0.2) is 47.2 Å². The molecular formula is C21H26N4O2. The topological polar surface area (TPSA) is 57.9 Å². The van der Waals surface area contributed by atoms with Crippen LogP contribution in [0.4, 0.5) is 0 Å². The second-order valence-corrected chi connectivity index (χ2v) is 7.82. The molecule has 1 aromatic heterocycles. The largest absolute Gasteiger partial charge is 0.348 e. The second kappa shape index (κ2) is 6.51. The van der Waals surface area contributed by atoms with Crippen molar-refractivity contribution in [2.45, 2.75) is 58.2 Å². The fraction of sp³-hybridized carbons (Fsp3) is 0.476. The third kappa shape index (κ3) is 2.83. The van der Waals surface area contributed by atoms with Gasteiger partial charge in [0.05, 0.1) is 12.5 Å². The minimum atomic E-state index is -0.942. The summed E-state index contributed by atoms with van der Waals surface area (Å²) in [5.41, 5.74) is 1.26. The minimum Gasteiger partial charge on any atom is -0.348 e. The van der Waals surface area contributed by atoms with Gasteiger partial charge in [0.15, 0.2) is 0 Å². The summed E-state index contributed by atoms with van der Waals surface area (Å²) in [4.78, 5) is 34.2. The molecule has 2 atom stereocenters. The molecule has 1 aromatic rings. The molecule has 0 fully saturated rings. The van der Waals surface area contributed by atoms with E-state index in [1.165, 1.54) is 5.69 Å². The zero-order valence-electron chi connectivity index (χ0n) is 16.2. The lowest BCUT2D eigenvalue weighted by Gasteiger charge is -2.47. The Balaban J connectivity index is 1.70. The molecule has 142 valence electrons. The van der Waals surface area contributed by atoms with Crippen molar-refractivity contribution >= 4 is 17.6 Å². The average molecular weight is 366 g/mol. The lowest BCUT2D eigenvalue weighted by Crippen LogP contribution is -2.62. The van der Waals surface area contributed by atoms with Crippen molar-refractivity contribution in [2.75, 3.05) is 6.54 Å². The fourth-order valence-corrected chi connectivity index (χ4v) is 4.41. The molecule has 0 aliphatic carbocycles. The molecule has 3 aliphatic heterocycles. The van der Waals surface area contributed by atoms with Crippen LogP contribution >= 0.6 is 0 Å². The van der Waals surface area contributed by atoms with E-state index in [2.05, 4.69) is 28.7 Å². The number of allylic oxidation sites excluding steroid dienone is 2. The molecule has 27 heavy (non-hydrogen) atoms. The van der Waals surface area contributed by atoms with Crippen molar-refractivity contribution < 1.29 is 9.59 Å². The first-order valence-electron chi connectivity index (χ1n) is 9.67. The third-order valence-corrected chi connectivity index (χ3v) is 5.80. The zero-order chi connectivity index (χ0) is 19.2. The van der Waals surface area contributed by atoms with Crippen LogP contribution in [-0.2, 0) is 16.1 Å². The summed E-state index contributed by atoms with van der Waals surface area (Å²) in [6, 6.07) is 4.20. The number of carbonyl (C=O) groups is 2. The molecule has 0 N–H and O–H groups in total. The molecule has 0 spiro atoms. The molecule has 4 heterocycles. The van der Waals surface area contributed by atoms with Gasteiger partial charge in [-0.15, -0.1) is 0 Å².